The highest BCUT2D eigenvalue weighted by Gasteiger charge is 2.22. The number of anilines is 1. The molecular weight excluding hydrogens is 386 g/mol. The zero-order valence-electron chi connectivity index (χ0n) is 13.3. The van der Waals surface area contributed by atoms with E-state index >= 15 is 0 Å². The van der Waals surface area contributed by atoms with Crippen molar-refractivity contribution in [3.8, 4) is 0 Å². The molecule has 0 atom stereocenters. The number of aromatic nitrogens is 1. The lowest BCUT2D eigenvalue weighted by Gasteiger charge is -2.12. The summed E-state index contributed by atoms with van der Waals surface area (Å²) in [7, 11) is -3.84. The summed E-state index contributed by atoms with van der Waals surface area (Å²) >= 11 is 12.4. The SMILES string of the molecule is Cc1ccc(S(=O)(=O)n2ccc3c(NCCF)cc(Cl)c(Cl)c32)cc1. The van der Waals surface area contributed by atoms with Crippen molar-refractivity contribution in [1.82, 2.24) is 3.97 Å². The molecule has 0 radical (unpaired) electrons. The van der Waals surface area contributed by atoms with E-state index in [4.69, 9.17) is 23.2 Å². The molecule has 0 aliphatic carbocycles. The summed E-state index contributed by atoms with van der Waals surface area (Å²) in [6, 6.07) is 9.70. The molecule has 0 saturated carbocycles. The summed E-state index contributed by atoms with van der Waals surface area (Å²) in [4.78, 5) is 0.143. The van der Waals surface area contributed by atoms with Crippen LogP contribution in [0.1, 0.15) is 5.56 Å². The normalized spacial score (nSPS) is 11.8. The minimum Gasteiger partial charge on any atom is -0.382 e. The summed E-state index contributed by atoms with van der Waals surface area (Å²) in [5.41, 5.74) is 1.74. The third-order valence-electron chi connectivity index (χ3n) is 3.82. The number of rotatable bonds is 5. The van der Waals surface area contributed by atoms with Crippen LogP contribution in [0.4, 0.5) is 10.1 Å². The van der Waals surface area contributed by atoms with Crippen LogP contribution in [0.5, 0.6) is 0 Å². The molecule has 1 heterocycles. The number of nitrogens with zero attached hydrogens (tertiary/aromatic N) is 1. The fourth-order valence-electron chi connectivity index (χ4n) is 2.58. The first-order valence-electron chi connectivity index (χ1n) is 7.47. The number of benzene rings is 2. The second-order valence-corrected chi connectivity index (χ2v) is 8.13. The molecule has 4 nitrogen and oxygen atoms in total. The number of fused-ring (bicyclic) bond motifs is 1. The van der Waals surface area contributed by atoms with Crippen LogP contribution in [0.2, 0.25) is 10.0 Å². The van der Waals surface area contributed by atoms with E-state index in [9.17, 15) is 12.8 Å². The number of alkyl halides is 1. The van der Waals surface area contributed by atoms with Crippen molar-refractivity contribution in [2.24, 2.45) is 0 Å². The molecule has 3 aromatic rings. The molecule has 0 aliphatic heterocycles. The first-order valence-corrected chi connectivity index (χ1v) is 9.67. The maximum absolute atomic E-state index is 13.0. The zero-order valence-corrected chi connectivity index (χ0v) is 15.6. The van der Waals surface area contributed by atoms with Crippen LogP contribution in [-0.4, -0.2) is 25.6 Å². The second-order valence-electron chi connectivity index (χ2n) is 5.53. The fourth-order valence-corrected chi connectivity index (χ4v) is 4.43. The molecule has 2 aromatic carbocycles. The third-order valence-corrected chi connectivity index (χ3v) is 6.29. The van der Waals surface area contributed by atoms with Gasteiger partial charge in [-0.05, 0) is 31.2 Å². The van der Waals surface area contributed by atoms with Crippen LogP contribution in [0.25, 0.3) is 10.9 Å². The molecule has 132 valence electrons. The van der Waals surface area contributed by atoms with E-state index in [1.54, 1.807) is 24.3 Å². The minimum absolute atomic E-state index is 0.0863. The van der Waals surface area contributed by atoms with Crippen molar-refractivity contribution in [3.63, 3.8) is 0 Å². The van der Waals surface area contributed by atoms with E-state index in [0.717, 1.165) is 9.54 Å². The van der Waals surface area contributed by atoms with Gasteiger partial charge in [-0.25, -0.2) is 16.8 Å². The Kier molecular flexibility index (Phi) is 4.95. The quantitative estimate of drug-likeness (QED) is 0.663. The molecule has 0 spiro atoms. The predicted molar refractivity (Wildman–Crippen MR) is 100 cm³/mol. The lowest BCUT2D eigenvalue weighted by molar-refractivity contribution is 0.513. The molecule has 0 aliphatic rings. The first kappa shape index (κ1) is 18.0. The number of halogens is 3. The van der Waals surface area contributed by atoms with Gasteiger partial charge in [0.2, 0.25) is 0 Å². The number of hydrogen-bond donors (Lipinski definition) is 1. The summed E-state index contributed by atoms with van der Waals surface area (Å²) in [5, 5.41) is 3.76. The lowest BCUT2D eigenvalue weighted by Crippen LogP contribution is -2.12. The Morgan fingerprint density at radius 3 is 2.48 bits per heavy atom. The molecule has 0 amide bonds. The average Bonchev–Trinajstić information content (AvgIpc) is 3.03. The van der Waals surface area contributed by atoms with E-state index in [1.165, 1.54) is 18.3 Å². The molecule has 3 rings (SSSR count). The van der Waals surface area contributed by atoms with Gasteiger partial charge in [-0.15, -0.1) is 0 Å². The molecule has 0 saturated heterocycles. The molecule has 0 bridgehead atoms. The maximum atomic E-state index is 13.0. The van der Waals surface area contributed by atoms with Crippen molar-refractivity contribution in [2.45, 2.75) is 11.8 Å². The summed E-state index contributed by atoms with van der Waals surface area (Å²) in [6.45, 7) is 1.40. The van der Waals surface area contributed by atoms with Gasteiger partial charge < -0.3 is 5.32 Å². The number of nitrogens with one attached hydrogen (secondary N) is 1. The smallest absolute Gasteiger partial charge is 0.268 e. The van der Waals surface area contributed by atoms with E-state index < -0.39 is 16.7 Å². The maximum Gasteiger partial charge on any atom is 0.268 e. The first-order chi connectivity index (χ1) is 11.9. The van der Waals surface area contributed by atoms with Crippen LogP contribution in [-0.2, 0) is 10.0 Å². The average molecular weight is 401 g/mol. The van der Waals surface area contributed by atoms with Crippen LogP contribution in [0.3, 0.4) is 0 Å². The van der Waals surface area contributed by atoms with Crippen LogP contribution >= 0.6 is 23.2 Å². The molecule has 8 heteroatoms. The Morgan fingerprint density at radius 1 is 1.16 bits per heavy atom. The monoisotopic (exact) mass is 400 g/mol. The van der Waals surface area contributed by atoms with Crippen molar-refractivity contribution in [2.75, 3.05) is 18.5 Å². The summed E-state index contributed by atoms with van der Waals surface area (Å²) in [6.07, 6.45) is 1.42. The van der Waals surface area contributed by atoms with E-state index in [0.29, 0.717) is 11.1 Å². The van der Waals surface area contributed by atoms with Crippen LogP contribution < -0.4 is 5.32 Å². The van der Waals surface area contributed by atoms with E-state index in [1.807, 2.05) is 6.92 Å². The Labute approximate surface area is 155 Å². The van der Waals surface area contributed by atoms with Gasteiger partial charge in [0.15, 0.2) is 0 Å². The molecule has 25 heavy (non-hydrogen) atoms. The molecular formula is C17H15Cl2FN2O2S. The Balaban J connectivity index is 2.23. The van der Waals surface area contributed by atoms with Gasteiger partial charge in [0.05, 0.1) is 20.5 Å². The number of hydrogen-bond acceptors (Lipinski definition) is 3. The highest BCUT2D eigenvalue weighted by Crippen LogP contribution is 2.38. The summed E-state index contributed by atoms with van der Waals surface area (Å²) < 4.78 is 39.6. The molecule has 1 N–H and O–H groups in total. The molecule has 0 unspecified atom stereocenters. The van der Waals surface area contributed by atoms with E-state index in [-0.39, 0.29) is 27.0 Å². The van der Waals surface area contributed by atoms with Gasteiger partial charge in [0.25, 0.3) is 10.0 Å². The predicted octanol–water partition coefficient (Wildman–Crippen LogP) is 4.87. The highest BCUT2D eigenvalue weighted by molar-refractivity contribution is 7.90. The largest absolute Gasteiger partial charge is 0.382 e. The number of aryl methyl sites for hydroxylation is 1. The minimum atomic E-state index is -3.84. The van der Waals surface area contributed by atoms with E-state index in [2.05, 4.69) is 5.32 Å². The van der Waals surface area contributed by atoms with Crippen molar-refractivity contribution in [1.29, 1.82) is 0 Å². The third kappa shape index (κ3) is 3.21. The molecule has 1 aromatic heterocycles. The standard InChI is InChI=1S/C17H15Cl2FN2O2S/c1-11-2-4-12(5-3-11)25(23,24)22-9-6-13-15(21-8-7-20)10-14(18)16(19)17(13)22/h2-6,9-10,21H,7-8H2,1H3. The van der Waals surface area contributed by atoms with Crippen molar-refractivity contribution >= 4 is 49.8 Å². The molecule has 0 fully saturated rings. The van der Waals surface area contributed by atoms with Gasteiger partial charge in [-0.3, -0.25) is 0 Å². The Hall–Kier alpha value is -1.76. The van der Waals surface area contributed by atoms with Crippen molar-refractivity contribution in [3.05, 3.63) is 58.2 Å². The zero-order chi connectivity index (χ0) is 18.2. The van der Waals surface area contributed by atoms with Gasteiger partial charge in [-0.1, -0.05) is 40.9 Å². The second kappa shape index (κ2) is 6.86. The van der Waals surface area contributed by atoms with Crippen molar-refractivity contribution < 1.29 is 12.8 Å². The van der Waals surface area contributed by atoms with Gasteiger partial charge in [0, 0.05) is 23.8 Å². The van der Waals surface area contributed by atoms with Crippen LogP contribution in [0.15, 0.2) is 47.5 Å². The van der Waals surface area contributed by atoms with Gasteiger partial charge in [-0.2, -0.15) is 0 Å². The Morgan fingerprint density at radius 2 is 1.84 bits per heavy atom. The summed E-state index contributed by atoms with van der Waals surface area (Å²) in [5.74, 6) is 0. The van der Waals surface area contributed by atoms with Gasteiger partial charge in [0.1, 0.15) is 6.67 Å². The fraction of sp³-hybridized carbons (Fsp3) is 0.176. The Bertz CT molecular complexity index is 1030. The lowest BCUT2D eigenvalue weighted by atomic mass is 10.2. The van der Waals surface area contributed by atoms with Gasteiger partial charge >= 0.3 is 0 Å². The van der Waals surface area contributed by atoms with Crippen LogP contribution in [0, 0.1) is 6.92 Å². The highest BCUT2D eigenvalue weighted by atomic mass is 35.5. The topological polar surface area (TPSA) is 51.1 Å².